The predicted molar refractivity (Wildman–Crippen MR) is 68.8 cm³/mol. The van der Waals surface area contributed by atoms with Gasteiger partial charge in [0.2, 0.25) is 0 Å². The summed E-state index contributed by atoms with van der Waals surface area (Å²) in [7, 11) is -2.11. The van der Waals surface area contributed by atoms with Crippen LogP contribution >= 0.6 is 7.60 Å². The van der Waals surface area contributed by atoms with Crippen LogP contribution in [-0.4, -0.2) is 25.4 Å². The van der Waals surface area contributed by atoms with Gasteiger partial charge in [0.05, 0.1) is 20.3 Å². The lowest BCUT2D eigenvalue weighted by Gasteiger charge is -2.23. The number of benzene rings is 1. The van der Waals surface area contributed by atoms with Crippen LogP contribution in [0.4, 0.5) is 0 Å². The first-order valence-corrected chi connectivity index (χ1v) is 7.40. The number of aliphatic hydroxyl groups excluding tert-OH is 1. The Bertz CT molecular complexity index is 411. The van der Waals surface area contributed by atoms with E-state index in [2.05, 4.69) is 0 Å². The quantitative estimate of drug-likeness (QED) is 0.774. The summed E-state index contributed by atoms with van der Waals surface area (Å²) >= 11 is 0. The molecule has 1 unspecified atom stereocenters. The van der Waals surface area contributed by atoms with Crippen LogP contribution in [0, 0.1) is 0 Å². The number of hydrogen-bond acceptors (Lipinski definition) is 5. The van der Waals surface area contributed by atoms with Gasteiger partial charge in [-0.1, -0.05) is 18.2 Å². The van der Waals surface area contributed by atoms with E-state index in [9.17, 15) is 9.67 Å². The number of para-hydroxylation sites is 1. The molecule has 1 rings (SSSR count). The summed E-state index contributed by atoms with van der Waals surface area (Å²) in [6, 6.07) is 6.81. The van der Waals surface area contributed by atoms with Crippen molar-refractivity contribution in [3.8, 4) is 5.75 Å². The number of aliphatic hydroxyl groups is 1. The van der Waals surface area contributed by atoms with Crippen LogP contribution in [0.15, 0.2) is 24.3 Å². The molecule has 0 radical (unpaired) electrons. The van der Waals surface area contributed by atoms with E-state index in [1.54, 1.807) is 38.1 Å². The predicted octanol–water partition coefficient (Wildman–Crippen LogP) is 2.95. The second-order valence-corrected chi connectivity index (χ2v) is 5.58. The van der Waals surface area contributed by atoms with Gasteiger partial charge in [-0.05, 0) is 19.9 Å². The molecule has 0 aliphatic rings. The van der Waals surface area contributed by atoms with Gasteiger partial charge in [0, 0.05) is 5.56 Å². The zero-order valence-electron chi connectivity index (χ0n) is 10.8. The molecule has 0 aromatic heterocycles. The van der Waals surface area contributed by atoms with Crippen molar-refractivity contribution in [2.75, 3.05) is 20.3 Å². The Morgan fingerprint density at radius 2 is 1.78 bits per heavy atom. The summed E-state index contributed by atoms with van der Waals surface area (Å²) in [6.45, 7) is 3.79. The molecule has 1 aromatic rings. The first-order valence-electron chi connectivity index (χ1n) is 5.78. The molecule has 0 aliphatic carbocycles. The number of methoxy groups -OCH3 is 1. The van der Waals surface area contributed by atoms with Crippen LogP contribution in [0.25, 0.3) is 0 Å². The van der Waals surface area contributed by atoms with Crippen molar-refractivity contribution in [1.29, 1.82) is 0 Å². The van der Waals surface area contributed by atoms with E-state index in [1.165, 1.54) is 7.11 Å². The second kappa shape index (κ2) is 6.90. The van der Waals surface area contributed by atoms with Crippen LogP contribution in [-0.2, 0) is 13.6 Å². The Kier molecular flexibility index (Phi) is 5.82. The molecule has 0 saturated heterocycles. The summed E-state index contributed by atoms with van der Waals surface area (Å²) in [4.78, 5) is 0. The van der Waals surface area contributed by atoms with Crippen molar-refractivity contribution in [3.05, 3.63) is 29.8 Å². The Hall–Kier alpha value is -0.870. The molecule has 0 spiro atoms. The lowest BCUT2D eigenvalue weighted by atomic mass is 10.2. The van der Waals surface area contributed by atoms with Gasteiger partial charge < -0.3 is 18.9 Å². The minimum Gasteiger partial charge on any atom is -0.496 e. The highest BCUT2D eigenvalue weighted by Gasteiger charge is 2.36. The topological polar surface area (TPSA) is 65.0 Å². The highest BCUT2D eigenvalue weighted by atomic mass is 31.2. The zero-order valence-corrected chi connectivity index (χ0v) is 11.7. The molecule has 0 heterocycles. The fourth-order valence-electron chi connectivity index (χ4n) is 1.59. The zero-order chi connectivity index (χ0) is 13.6. The van der Waals surface area contributed by atoms with Gasteiger partial charge in [-0.2, -0.15) is 0 Å². The van der Waals surface area contributed by atoms with Gasteiger partial charge >= 0.3 is 7.60 Å². The summed E-state index contributed by atoms with van der Waals surface area (Å²) < 4.78 is 27.8. The molecular weight excluding hydrogens is 255 g/mol. The van der Waals surface area contributed by atoms with Crippen molar-refractivity contribution in [2.45, 2.75) is 19.7 Å². The van der Waals surface area contributed by atoms with Gasteiger partial charge in [0.15, 0.2) is 5.85 Å². The maximum absolute atomic E-state index is 12.4. The molecule has 102 valence electrons. The maximum atomic E-state index is 12.4. The summed E-state index contributed by atoms with van der Waals surface area (Å²) in [5.41, 5.74) is 0.394. The van der Waals surface area contributed by atoms with Crippen LogP contribution < -0.4 is 4.74 Å². The van der Waals surface area contributed by atoms with Crippen LogP contribution in [0.2, 0.25) is 0 Å². The molecule has 1 N–H and O–H groups in total. The molecule has 1 atom stereocenters. The summed E-state index contributed by atoms with van der Waals surface area (Å²) in [5.74, 6) is -0.904. The fraction of sp³-hybridized carbons (Fsp3) is 0.500. The normalized spacial score (nSPS) is 13.3. The number of hydrogen-bond donors (Lipinski definition) is 1. The average Bonchev–Trinajstić information content (AvgIpc) is 2.38. The van der Waals surface area contributed by atoms with E-state index < -0.39 is 13.4 Å². The summed E-state index contributed by atoms with van der Waals surface area (Å²) in [5, 5.41) is 10.2. The van der Waals surface area contributed by atoms with Crippen LogP contribution in [0.1, 0.15) is 25.3 Å². The molecule has 0 aliphatic heterocycles. The van der Waals surface area contributed by atoms with Crippen LogP contribution in [0.5, 0.6) is 5.75 Å². The highest BCUT2D eigenvalue weighted by Crippen LogP contribution is 2.60. The molecule has 6 heteroatoms. The summed E-state index contributed by atoms with van der Waals surface area (Å²) in [6.07, 6.45) is 0. The van der Waals surface area contributed by atoms with Crippen molar-refractivity contribution in [3.63, 3.8) is 0 Å². The Labute approximate surface area is 107 Å². The molecular formula is C12H19O5P. The average molecular weight is 274 g/mol. The Morgan fingerprint density at radius 3 is 2.28 bits per heavy atom. The van der Waals surface area contributed by atoms with Crippen molar-refractivity contribution in [1.82, 2.24) is 0 Å². The van der Waals surface area contributed by atoms with E-state index in [0.29, 0.717) is 11.3 Å². The van der Waals surface area contributed by atoms with Gasteiger partial charge in [0.25, 0.3) is 0 Å². The molecule has 18 heavy (non-hydrogen) atoms. The first kappa shape index (κ1) is 15.2. The molecule has 0 bridgehead atoms. The van der Waals surface area contributed by atoms with E-state index >= 15 is 0 Å². The van der Waals surface area contributed by atoms with E-state index in [4.69, 9.17) is 13.8 Å². The van der Waals surface area contributed by atoms with E-state index in [-0.39, 0.29) is 13.2 Å². The fourth-order valence-corrected chi connectivity index (χ4v) is 3.22. The van der Waals surface area contributed by atoms with Gasteiger partial charge in [-0.25, -0.2) is 0 Å². The molecule has 0 fully saturated rings. The Balaban J connectivity index is 3.09. The molecule has 0 amide bonds. The molecule has 5 nitrogen and oxygen atoms in total. The van der Waals surface area contributed by atoms with E-state index in [1.807, 2.05) is 0 Å². The minimum absolute atomic E-state index is 0.198. The van der Waals surface area contributed by atoms with Crippen molar-refractivity contribution in [2.24, 2.45) is 0 Å². The lowest BCUT2D eigenvalue weighted by Crippen LogP contribution is -2.07. The Morgan fingerprint density at radius 1 is 1.22 bits per heavy atom. The van der Waals surface area contributed by atoms with Gasteiger partial charge in [0.1, 0.15) is 5.75 Å². The van der Waals surface area contributed by atoms with Gasteiger partial charge in [-0.3, -0.25) is 4.57 Å². The monoisotopic (exact) mass is 274 g/mol. The van der Waals surface area contributed by atoms with Crippen molar-refractivity contribution < 1.29 is 23.5 Å². The van der Waals surface area contributed by atoms with Gasteiger partial charge in [-0.15, -0.1) is 0 Å². The van der Waals surface area contributed by atoms with Crippen LogP contribution in [0.3, 0.4) is 0 Å². The van der Waals surface area contributed by atoms with E-state index in [0.717, 1.165) is 0 Å². The number of ether oxygens (including phenoxy) is 1. The highest BCUT2D eigenvalue weighted by molar-refractivity contribution is 7.54. The standard InChI is InChI=1S/C12H19O5P/c1-4-16-18(14,17-5-2)12(13)10-8-6-7-9-11(10)15-3/h6-9,12-13H,4-5H2,1-3H3. The third kappa shape index (κ3) is 3.33. The third-order valence-electron chi connectivity index (χ3n) is 2.33. The largest absolute Gasteiger partial charge is 0.496 e. The maximum Gasteiger partial charge on any atom is 0.363 e. The molecule has 0 saturated carbocycles. The first-order chi connectivity index (χ1) is 8.59. The molecule has 1 aromatic carbocycles. The van der Waals surface area contributed by atoms with Crippen molar-refractivity contribution >= 4 is 7.60 Å². The smallest absolute Gasteiger partial charge is 0.363 e. The second-order valence-electron chi connectivity index (χ2n) is 3.49. The minimum atomic E-state index is -3.60. The third-order valence-corrected chi connectivity index (χ3v) is 4.45. The lowest BCUT2D eigenvalue weighted by molar-refractivity contribution is 0.148. The SMILES string of the molecule is CCOP(=O)(OCC)C(O)c1ccccc1OC. The number of rotatable bonds is 7.